The zero-order valence-corrected chi connectivity index (χ0v) is 20.2. The van der Waals surface area contributed by atoms with Crippen LogP contribution in [-0.4, -0.2) is 38.8 Å². The molecule has 1 aliphatic rings. The Morgan fingerprint density at radius 3 is 2.16 bits per heavy atom. The van der Waals surface area contributed by atoms with Crippen molar-refractivity contribution in [1.82, 2.24) is 4.31 Å². The van der Waals surface area contributed by atoms with Crippen LogP contribution in [0.3, 0.4) is 0 Å². The van der Waals surface area contributed by atoms with E-state index in [0.717, 1.165) is 5.56 Å². The molecule has 1 fully saturated rings. The highest BCUT2D eigenvalue weighted by atomic mass is 32.2. The third-order valence-electron chi connectivity index (χ3n) is 6.10. The predicted octanol–water partition coefficient (Wildman–Crippen LogP) is 5.05. The van der Waals surface area contributed by atoms with Crippen LogP contribution in [0.2, 0.25) is 19.6 Å². The summed E-state index contributed by atoms with van der Waals surface area (Å²) in [7, 11) is -7.42. The van der Waals surface area contributed by atoms with E-state index in [-0.39, 0.29) is 30.7 Å². The SMILES string of the molecule is Cc1ccc(S(=O)(=O)N2CCCC(Cc3ccccc3)(C(F)(F)[Si](C)(C)C)C2=O)cc1. The lowest BCUT2D eigenvalue weighted by atomic mass is 9.74. The molecule has 168 valence electrons. The number of piperidine rings is 1. The summed E-state index contributed by atoms with van der Waals surface area (Å²) in [5.41, 5.74) is -3.92. The van der Waals surface area contributed by atoms with Gasteiger partial charge < -0.3 is 0 Å². The van der Waals surface area contributed by atoms with Crippen molar-refractivity contribution in [3.05, 3.63) is 65.7 Å². The van der Waals surface area contributed by atoms with Crippen LogP contribution in [0.1, 0.15) is 24.0 Å². The second kappa shape index (κ2) is 8.13. The van der Waals surface area contributed by atoms with Gasteiger partial charge in [-0.25, -0.2) is 21.5 Å². The number of carbonyl (C=O) groups is 1. The van der Waals surface area contributed by atoms with Crippen molar-refractivity contribution in [1.29, 1.82) is 0 Å². The number of benzene rings is 2. The van der Waals surface area contributed by atoms with Gasteiger partial charge in [0.15, 0.2) is 0 Å². The van der Waals surface area contributed by atoms with Crippen LogP contribution < -0.4 is 0 Å². The molecule has 0 aromatic heterocycles. The molecule has 8 heteroatoms. The molecule has 0 spiro atoms. The molecule has 31 heavy (non-hydrogen) atoms. The number of nitrogens with zero attached hydrogens (tertiary/aromatic N) is 1. The quantitative estimate of drug-likeness (QED) is 0.561. The zero-order chi connectivity index (χ0) is 23.1. The molecule has 4 nitrogen and oxygen atoms in total. The second-order valence-electron chi connectivity index (χ2n) is 9.37. The molecular formula is C23H29F2NO3SSi. The van der Waals surface area contributed by atoms with E-state index in [4.69, 9.17) is 0 Å². The van der Waals surface area contributed by atoms with Gasteiger partial charge in [-0.05, 0) is 43.9 Å². The fraction of sp³-hybridized carbons (Fsp3) is 0.435. The van der Waals surface area contributed by atoms with Crippen molar-refractivity contribution >= 4 is 24.0 Å². The van der Waals surface area contributed by atoms with Crippen LogP contribution in [0.4, 0.5) is 8.78 Å². The first-order valence-electron chi connectivity index (χ1n) is 10.4. The number of halogens is 2. The summed E-state index contributed by atoms with van der Waals surface area (Å²) in [6.07, 6.45) is -0.0362. The van der Waals surface area contributed by atoms with Crippen molar-refractivity contribution in [3.8, 4) is 0 Å². The highest BCUT2D eigenvalue weighted by molar-refractivity contribution is 7.89. The molecule has 1 unspecified atom stereocenters. The number of carbonyl (C=O) groups excluding carboxylic acids is 1. The van der Waals surface area contributed by atoms with E-state index in [0.29, 0.717) is 9.87 Å². The molecule has 2 aromatic rings. The van der Waals surface area contributed by atoms with E-state index in [1.54, 1.807) is 42.5 Å². The molecule has 3 rings (SSSR count). The monoisotopic (exact) mass is 465 g/mol. The first kappa shape index (κ1) is 23.6. The minimum atomic E-state index is -4.23. The summed E-state index contributed by atoms with van der Waals surface area (Å²) in [6, 6.07) is 14.8. The molecule has 0 bridgehead atoms. The third-order valence-corrected chi connectivity index (χ3v) is 10.3. The highest BCUT2D eigenvalue weighted by Crippen LogP contribution is 2.52. The Bertz CT molecular complexity index is 1050. The fourth-order valence-corrected chi connectivity index (χ4v) is 7.52. The maximum absolute atomic E-state index is 16.0. The van der Waals surface area contributed by atoms with Gasteiger partial charge in [-0.2, -0.15) is 0 Å². The Labute approximate surface area is 184 Å². The third kappa shape index (κ3) is 4.07. The van der Waals surface area contributed by atoms with E-state index in [2.05, 4.69) is 0 Å². The number of hydrogen-bond donors (Lipinski definition) is 0. The summed E-state index contributed by atoms with van der Waals surface area (Å²) >= 11 is 0. The summed E-state index contributed by atoms with van der Waals surface area (Å²) in [6.45, 7) is 6.32. The number of hydrogen-bond acceptors (Lipinski definition) is 3. The van der Waals surface area contributed by atoms with Crippen LogP contribution in [0.5, 0.6) is 0 Å². The molecule has 0 aliphatic carbocycles. The molecule has 1 amide bonds. The van der Waals surface area contributed by atoms with E-state index >= 15 is 8.78 Å². The van der Waals surface area contributed by atoms with E-state index in [1.807, 2.05) is 6.92 Å². The first-order valence-corrected chi connectivity index (χ1v) is 15.3. The molecule has 1 heterocycles. The van der Waals surface area contributed by atoms with Gasteiger partial charge in [-0.1, -0.05) is 67.7 Å². The van der Waals surface area contributed by atoms with Crippen molar-refractivity contribution in [2.75, 3.05) is 6.54 Å². The lowest BCUT2D eigenvalue weighted by molar-refractivity contribution is -0.159. The van der Waals surface area contributed by atoms with E-state index in [9.17, 15) is 13.2 Å². The van der Waals surface area contributed by atoms with E-state index < -0.39 is 35.0 Å². The number of rotatable bonds is 6. The maximum Gasteiger partial charge on any atom is 0.266 e. The standard InChI is InChI=1S/C23H29F2NO3SSi/c1-18-11-13-20(14-12-18)30(28,29)26-16-8-15-22(21(26)27,23(24,25)31(2,3)4)17-19-9-6-5-7-10-19/h5-7,9-14H,8,15-17H2,1-4H3. The molecule has 1 aliphatic heterocycles. The van der Waals surface area contributed by atoms with Crippen molar-refractivity contribution < 1.29 is 22.0 Å². The van der Waals surface area contributed by atoms with Crippen LogP contribution in [0.15, 0.2) is 59.5 Å². The van der Waals surface area contributed by atoms with Crippen molar-refractivity contribution in [3.63, 3.8) is 0 Å². The zero-order valence-electron chi connectivity index (χ0n) is 18.4. The van der Waals surface area contributed by atoms with Gasteiger partial charge in [0.05, 0.1) is 4.90 Å². The van der Waals surface area contributed by atoms with Crippen molar-refractivity contribution in [2.24, 2.45) is 5.41 Å². The van der Waals surface area contributed by atoms with Gasteiger partial charge in [0, 0.05) is 6.54 Å². The molecule has 2 aromatic carbocycles. The number of amides is 1. The topological polar surface area (TPSA) is 54.5 Å². The Balaban J connectivity index is 2.13. The molecular weight excluding hydrogens is 436 g/mol. The summed E-state index contributed by atoms with van der Waals surface area (Å²) in [5, 5.41) is 0. The summed E-state index contributed by atoms with van der Waals surface area (Å²) in [5.74, 6) is -0.990. The average molecular weight is 466 g/mol. The van der Waals surface area contributed by atoms with Crippen LogP contribution in [0, 0.1) is 12.3 Å². The molecule has 0 saturated carbocycles. The van der Waals surface area contributed by atoms with Crippen LogP contribution in [0.25, 0.3) is 0 Å². The minimum Gasteiger partial charge on any atom is -0.273 e. The number of aryl methyl sites for hydroxylation is 1. The first-order chi connectivity index (χ1) is 14.3. The lowest BCUT2D eigenvalue weighted by Gasteiger charge is -2.49. The van der Waals surface area contributed by atoms with Crippen LogP contribution in [-0.2, 0) is 21.2 Å². The number of sulfonamides is 1. The van der Waals surface area contributed by atoms with Gasteiger partial charge in [0.2, 0.25) is 11.5 Å². The maximum atomic E-state index is 16.0. The predicted molar refractivity (Wildman–Crippen MR) is 120 cm³/mol. The second-order valence-corrected chi connectivity index (χ2v) is 16.4. The summed E-state index contributed by atoms with van der Waals surface area (Å²) < 4.78 is 59.4. The highest BCUT2D eigenvalue weighted by Gasteiger charge is 2.67. The summed E-state index contributed by atoms with van der Waals surface area (Å²) in [4.78, 5) is 13.7. The van der Waals surface area contributed by atoms with Gasteiger partial charge in [-0.3, -0.25) is 4.79 Å². The van der Waals surface area contributed by atoms with Gasteiger partial charge >= 0.3 is 0 Å². The Morgan fingerprint density at radius 2 is 1.61 bits per heavy atom. The molecule has 0 radical (unpaired) electrons. The van der Waals surface area contributed by atoms with Crippen molar-refractivity contribution in [2.45, 2.75) is 56.3 Å². The largest absolute Gasteiger partial charge is 0.273 e. The van der Waals surface area contributed by atoms with E-state index in [1.165, 1.54) is 31.8 Å². The molecule has 1 saturated heterocycles. The molecule has 1 atom stereocenters. The fourth-order valence-electron chi connectivity index (χ4n) is 4.27. The Hall–Kier alpha value is -2.06. The normalized spacial score (nSPS) is 20.7. The van der Waals surface area contributed by atoms with Crippen LogP contribution >= 0.6 is 0 Å². The smallest absolute Gasteiger partial charge is 0.266 e. The molecule has 0 N–H and O–H groups in total. The Morgan fingerprint density at radius 1 is 1.03 bits per heavy atom. The Kier molecular flexibility index (Phi) is 6.19. The minimum absolute atomic E-state index is 0.0437. The number of alkyl halides is 2. The van der Waals surface area contributed by atoms with Gasteiger partial charge in [-0.15, -0.1) is 0 Å². The van der Waals surface area contributed by atoms with Gasteiger partial charge in [0.25, 0.3) is 10.0 Å². The van der Waals surface area contributed by atoms with Gasteiger partial charge in [0.1, 0.15) is 13.5 Å². The lowest BCUT2D eigenvalue weighted by Crippen LogP contribution is -2.66. The average Bonchev–Trinajstić information content (AvgIpc) is 2.69.